The first kappa shape index (κ1) is 12.3. The molecule has 1 aliphatic heterocycles. The van der Waals surface area contributed by atoms with E-state index in [0.29, 0.717) is 31.5 Å². The second-order valence-electron chi connectivity index (χ2n) is 4.04. The molecule has 2 heterocycles. The predicted molar refractivity (Wildman–Crippen MR) is 65.0 cm³/mol. The number of hydrogen-bond acceptors (Lipinski definition) is 5. The molecule has 0 unspecified atom stereocenters. The van der Waals surface area contributed by atoms with Crippen LogP contribution in [0.5, 0.6) is 0 Å². The molecule has 0 saturated carbocycles. The van der Waals surface area contributed by atoms with Gasteiger partial charge in [-0.25, -0.2) is 22.7 Å². The number of nitrogens with zero attached hydrogens (tertiary/aromatic N) is 3. The van der Waals surface area contributed by atoms with Crippen molar-refractivity contribution in [3.63, 3.8) is 0 Å². The fourth-order valence-corrected chi connectivity index (χ4v) is 2.93. The van der Waals surface area contributed by atoms with Gasteiger partial charge in [0.05, 0.1) is 5.75 Å². The Labute approximate surface area is 101 Å². The molecular formula is C10H16N4O2S. The summed E-state index contributed by atoms with van der Waals surface area (Å²) < 4.78 is 24.5. The van der Waals surface area contributed by atoms with Gasteiger partial charge in [0.15, 0.2) is 0 Å². The first-order valence-corrected chi connectivity index (χ1v) is 7.21. The molecule has 94 valence electrons. The third-order valence-electron chi connectivity index (χ3n) is 2.80. The molecule has 0 bridgehead atoms. The highest BCUT2D eigenvalue weighted by atomic mass is 32.2. The fraction of sp³-hybridized carbons (Fsp3) is 0.600. The molecule has 7 heteroatoms. The Balaban J connectivity index is 1.75. The predicted octanol–water partition coefficient (Wildman–Crippen LogP) is 0.170. The second kappa shape index (κ2) is 4.97. The van der Waals surface area contributed by atoms with Crippen LogP contribution in [-0.2, 0) is 10.0 Å². The maximum atomic E-state index is 11.5. The van der Waals surface area contributed by atoms with E-state index < -0.39 is 10.0 Å². The quantitative estimate of drug-likeness (QED) is 0.813. The van der Waals surface area contributed by atoms with Crippen molar-refractivity contribution in [3.8, 4) is 0 Å². The number of hydrogen-bond donors (Lipinski definition) is 1. The molecule has 1 saturated heterocycles. The van der Waals surface area contributed by atoms with E-state index in [-0.39, 0.29) is 5.75 Å². The lowest BCUT2D eigenvalue weighted by atomic mass is 10.0. The van der Waals surface area contributed by atoms with Crippen LogP contribution in [0.4, 0.5) is 5.95 Å². The molecule has 6 nitrogen and oxygen atoms in total. The van der Waals surface area contributed by atoms with Gasteiger partial charge in [0.1, 0.15) is 0 Å². The van der Waals surface area contributed by atoms with Crippen LogP contribution >= 0.6 is 0 Å². The molecule has 0 atom stereocenters. The van der Waals surface area contributed by atoms with Gasteiger partial charge >= 0.3 is 0 Å². The highest BCUT2D eigenvalue weighted by molar-refractivity contribution is 7.89. The molecular weight excluding hydrogens is 240 g/mol. The number of rotatable bonds is 5. The van der Waals surface area contributed by atoms with E-state index in [2.05, 4.69) is 15.3 Å². The van der Waals surface area contributed by atoms with Gasteiger partial charge in [0.25, 0.3) is 0 Å². The smallest absolute Gasteiger partial charge is 0.222 e. The minimum Gasteiger partial charge on any atom is -0.354 e. The maximum Gasteiger partial charge on any atom is 0.222 e. The van der Waals surface area contributed by atoms with Gasteiger partial charge in [-0.2, -0.15) is 0 Å². The van der Waals surface area contributed by atoms with E-state index >= 15 is 0 Å². The van der Waals surface area contributed by atoms with E-state index in [4.69, 9.17) is 0 Å². The Morgan fingerprint density at radius 2 is 2.06 bits per heavy atom. The first-order valence-electron chi connectivity index (χ1n) is 5.60. The number of aromatic nitrogens is 2. The minimum atomic E-state index is -3.00. The lowest BCUT2D eigenvalue weighted by Gasteiger charge is -2.37. The van der Waals surface area contributed by atoms with Gasteiger partial charge in [0.2, 0.25) is 16.0 Å². The van der Waals surface area contributed by atoms with Crippen LogP contribution in [0.3, 0.4) is 0 Å². The molecule has 1 fully saturated rings. The number of nitrogens with one attached hydrogen (secondary N) is 1. The van der Waals surface area contributed by atoms with E-state index in [9.17, 15) is 8.42 Å². The topological polar surface area (TPSA) is 75.2 Å². The summed E-state index contributed by atoms with van der Waals surface area (Å²) in [5, 5.41) is 3.09. The van der Waals surface area contributed by atoms with Gasteiger partial charge < -0.3 is 5.32 Å². The lowest BCUT2D eigenvalue weighted by molar-refractivity contribution is 0.211. The Hall–Kier alpha value is -1.21. The van der Waals surface area contributed by atoms with Crippen molar-refractivity contribution < 1.29 is 8.42 Å². The van der Waals surface area contributed by atoms with E-state index in [1.807, 2.05) is 0 Å². The molecule has 0 radical (unpaired) electrons. The second-order valence-corrected chi connectivity index (χ2v) is 6.29. The molecule has 2 rings (SSSR count). The summed E-state index contributed by atoms with van der Waals surface area (Å²) in [5.41, 5.74) is 0. The van der Waals surface area contributed by atoms with E-state index in [1.54, 1.807) is 25.4 Å². The SMILES string of the molecule is CCS(=O)(=O)N1CC(CNc2ncccn2)C1. The minimum absolute atomic E-state index is 0.176. The lowest BCUT2D eigenvalue weighted by Crippen LogP contribution is -2.52. The summed E-state index contributed by atoms with van der Waals surface area (Å²) in [6.45, 7) is 3.56. The van der Waals surface area contributed by atoms with Crippen LogP contribution in [0.25, 0.3) is 0 Å². The van der Waals surface area contributed by atoms with Crippen molar-refractivity contribution in [3.05, 3.63) is 18.5 Å². The van der Waals surface area contributed by atoms with Gasteiger partial charge in [-0.3, -0.25) is 0 Å². The van der Waals surface area contributed by atoms with Crippen LogP contribution in [0.1, 0.15) is 6.92 Å². The van der Waals surface area contributed by atoms with Gasteiger partial charge in [-0.1, -0.05) is 0 Å². The largest absolute Gasteiger partial charge is 0.354 e. The van der Waals surface area contributed by atoms with E-state index in [1.165, 1.54) is 4.31 Å². The highest BCUT2D eigenvalue weighted by Crippen LogP contribution is 2.19. The van der Waals surface area contributed by atoms with E-state index in [0.717, 1.165) is 0 Å². The van der Waals surface area contributed by atoms with Crippen molar-refractivity contribution in [1.82, 2.24) is 14.3 Å². The molecule has 0 aromatic carbocycles. The van der Waals surface area contributed by atoms with Gasteiger partial charge in [-0.15, -0.1) is 0 Å². The van der Waals surface area contributed by atoms with Crippen molar-refractivity contribution in [2.75, 3.05) is 30.7 Å². The van der Waals surface area contributed by atoms with Crippen LogP contribution in [0.2, 0.25) is 0 Å². The molecule has 0 aliphatic carbocycles. The van der Waals surface area contributed by atoms with Crippen molar-refractivity contribution in [2.24, 2.45) is 5.92 Å². The summed E-state index contributed by atoms with van der Waals surface area (Å²) in [5.74, 6) is 1.11. The molecule has 17 heavy (non-hydrogen) atoms. The summed E-state index contributed by atoms with van der Waals surface area (Å²) in [6.07, 6.45) is 3.34. The Bertz CT molecular complexity index is 456. The summed E-state index contributed by atoms with van der Waals surface area (Å²) in [6, 6.07) is 1.75. The molecule has 1 aromatic rings. The van der Waals surface area contributed by atoms with Crippen molar-refractivity contribution >= 4 is 16.0 Å². The van der Waals surface area contributed by atoms with Crippen molar-refractivity contribution in [2.45, 2.75) is 6.92 Å². The number of anilines is 1. The zero-order chi connectivity index (χ0) is 12.3. The van der Waals surface area contributed by atoms with Gasteiger partial charge in [0, 0.05) is 37.9 Å². The molecule has 1 aromatic heterocycles. The Kier molecular flexibility index (Phi) is 3.58. The van der Waals surface area contributed by atoms with Crippen LogP contribution in [-0.4, -0.2) is 48.1 Å². The molecule has 0 amide bonds. The average molecular weight is 256 g/mol. The molecule has 1 N–H and O–H groups in total. The average Bonchev–Trinajstić information content (AvgIpc) is 2.28. The maximum absolute atomic E-state index is 11.5. The normalized spacial score (nSPS) is 17.7. The third kappa shape index (κ3) is 2.92. The number of sulfonamides is 1. The van der Waals surface area contributed by atoms with Crippen LogP contribution in [0, 0.1) is 5.92 Å². The molecule has 1 aliphatic rings. The fourth-order valence-electron chi connectivity index (χ4n) is 1.69. The Morgan fingerprint density at radius 3 is 2.65 bits per heavy atom. The van der Waals surface area contributed by atoms with Gasteiger partial charge in [-0.05, 0) is 13.0 Å². The molecule has 0 spiro atoms. The Morgan fingerprint density at radius 1 is 1.41 bits per heavy atom. The summed E-state index contributed by atoms with van der Waals surface area (Å²) in [7, 11) is -3.00. The van der Waals surface area contributed by atoms with Crippen molar-refractivity contribution in [1.29, 1.82) is 0 Å². The third-order valence-corrected chi connectivity index (χ3v) is 4.61. The standard InChI is InChI=1S/C10H16N4O2S/c1-2-17(15,16)14-7-9(8-14)6-13-10-11-4-3-5-12-10/h3-5,9H,2,6-8H2,1H3,(H,11,12,13). The van der Waals surface area contributed by atoms with Crippen LogP contribution in [0.15, 0.2) is 18.5 Å². The zero-order valence-corrected chi connectivity index (χ0v) is 10.5. The summed E-state index contributed by atoms with van der Waals surface area (Å²) >= 11 is 0. The highest BCUT2D eigenvalue weighted by Gasteiger charge is 2.34. The summed E-state index contributed by atoms with van der Waals surface area (Å²) in [4.78, 5) is 8.08. The first-order chi connectivity index (χ1) is 8.12. The monoisotopic (exact) mass is 256 g/mol. The zero-order valence-electron chi connectivity index (χ0n) is 9.70. The van der Waals surface area contributed by atoms with Crippen LogP contribution < -0.4 is 5.32 Å².